The molecule has 17 heteroatoms. The average Bonchev–Trinajstić information content (AvgIpc) is 4.05. The summed E-state index contributed by atoms with van der Waals surface area (Å²) in [6.07, 6.45) is 7.85. The number of likely N-dealkylation sites (tertiary alicyclic amines) is 2. The Morgan fingerprint density at radius 1 is 0.701 bits per heavy atom. The minimum absolute atomic E-state index is 0.0516. The van der Waals surface area contributed by atoms with Gasteiger partial charge < -0.3 is 50.4 Å². The van der Waals surface area contributed by atoms with Crippen molar-refractivity contribution < 1.29 is 47.7 Å². The summed E-state index contributed by atoms with van der Waals surface area (Å²) in [4.78, 5) is 85.0. The van der Waals surface area contributed by atoms with Gasteiger partial charge in [-0.25, -0.2) is 9.59 Å². The minimum atomic E-state index is -1.67. The summed E-state index contributed by atoms with van der Waals surface area (Å²) in [5.41, 5.74) is 6.72. The van der Waals surface area contributed by atoms with Gasteiger partial charge in [-0.2, -0.15) is 0 Å². The number of benzene rings is 3. The highest BCUT2D eigenvalue weighted by Crippen LogP contribution is 2.36. The van der Waals surface area contributed by atoms with Crippen molar-refractivity contribution in [3.05, 3.63) is 114 Å². The maximum atomic E-state index is 14.3. The molecule has 4 amide bonds. The summed E-state index contributed by atoms with van der Waals surface area (Å²) in [5, 5.41) is 10.5. The second kappa shape index (κ2) is 24.3. The SMILES string of the molecule is CN[C@@H](C)C(=O)N[C@@H](C(=O)OCCCCOC(=O)[C@H](NC(=O)[C@H](N)NC)C(=O)N1CCC[C@H]1C1C=C(Oc2ccccc2)C=CC1C)C(=O)N1CCC[C@H]1c1cccc(Oc2ccccc2)c1. The van der Waals surface area contributed by atoms with E-state index in [2.05, 4.69) is 28.2 Å². The van der Waals surface area contributed by atoms with Crippen molar-refractivity contribution in [1.29, 1.82) is 0 Å². The van der Waals surface area contributed by atoms with E-state index in [4.69, 9.17) is 24.7 Å². The second-order valence-electron chi connectivity index (χ2n) is 16.9. The molecule has 358 valence electrons. The molecule has 3 aromatic rings. The lowest BCUT2D eigenvalue weighted by molar-refractivity contribution is -0.157. The van der Waals surface area contributed by atoms with E-state index in [0.29, 0.717) is 61.8 Å². The van der Waals surface area contributed by atoms with Crippen molar-refractivity contribution in [2.24, 2.45) is 17.6 Å². The number of carbonyl (C=O) groups excluding carboxylic acids is 6. The molecule has 0 bridgehead atoms. The molecule has 2 fully saturated rings. The zero-order valence-corrected chi connectivity index (χ0v) is 38.6. The van der Waals surface area contributed by atoms with Crippen molar-refractivity contribution >= 4 is 35.6 Å². The molecule has 0 saturated carbocycles. The largest absolute Gasteiger partial charge is 0.464 e. The fourth-order valence-corrected chi connectivity index (χ4v) is 8.43. The van der Waals surface area contributed by atoms with Crippen LogP contribution >= 0.6 is 0 Å². The van der Waals surface area contributed by atoms with Crippen LogP contribution in [0.5, 0.6) is 17.2 Å². The quantitative estimate of drug-likeness (QED) is 0.0444. The number of likely N-dealkylation sites (N-methyl/N-ethyl adjacent to an activating group) is 2. The van der Waals surface area contributed by atoms with Gasteiger partial charge in [-0.05, 0) is 120 Å². The Kier molecular flexibility index (Phi) is 18.1. The first kappa shape index (κ1) is 49.9. The van der Waals surface area contributed by atoms with E-state index < -0.39 is 59.9 Å². The topological polar surface area (TPSA) is 220 Å². The highest BCUT2D eigenvalue weighted by atomic mass is 16.5. The summed E-state index contributed by atoms with van der Waals surface area (Å²) in [6, 6.07) is 21.5. The number of carbonyl (C=O) groups is 6. The molecule has 8 atom stereocenters. The van der Waals surface area contributed by atoms with E-state index in [9.17, 15) is 28.8 Å². The molecule has 0 spiro atoms. The van der Waals surface area contributed by atoms with Gasteiger partial charge in [0.15, 0.2) is 0 Å². The molecule has 2 heterocycles. The van der Waals surface area contributed by atoms with E-state index in [0.717, 1.165) is 5.56 Å². The van der Waals surface area contributed by atoms with Crippen molar-refractivity contribution in [3.63, 3.8) is 0 Å². The number of para-hydroxylation sites is 2. The Morgan fingerprint density at radius 3 is 1.90 bits per heavy atom. The molecule has 3 aliphatic rings. The van der Waals surface area contributed by atoms with Crippen molar-refractivity contribution in [2.45, 2.75) is 88.7 Å². The first-order valence-corrected chi connectivity index (χ1v) is 23.0. The van der Waals surface area contributed by atoms with Gasteiger partial charge in [-0.1, -0.05) is 61.5 Å². The Balaban J connectivity index is 1.06. The fraction of sp³-hybridized carbons (Fsp3) is 0.440. The van der Waals surface area contributed by atoms with Crippen LogP contribution in [0.15, 0.2) is 109 Å². The van der Waals surface area contributed by atoms with E-state index in [1.165, 1.54) is 7.05 Å². The Hall–Kier alpha value is -6.56. The van der Waals surface area contributed by atoms with E-state index in [1.54, 1.807) is 23.8 Å². The summed E-state index contributed by atoms with van der Waals surface area (Å²) in [7, 11) is 3.06. The highest BCUT2D eigenvalue weighted by molar-refractivity contribution is 6.06. The van der Waals surface area contributed by atoms with Crippen LogP contribution in [0, 0.1) is 11.8 Å². The molecular formula is C50H63N7O10. The lowest BCUT2D eigenvalue weighted by atomic mass is 9.82. The van der Waals surface area contributed by atoms with Crippen LogP contribution in [0.25, 0.3) is 0 Å². The van der Waals surface area contributed by atoms with Gasteiger partial charge in [0, 0.05) is 25.0 Å². The van der Waals surface area contributed by atoms with Crippen LogP contribution in [0.4, 0.5) is 0 Å². The molecule has 6 rings (SSSR count). The molecule has 6 N–H and O–H groups in total. The van der Waals surface area contributed by atoms with E-state index in [1.807, 2.05) is 103 Å². The zero-order chi connectivity index (χ0) is 47.9. The molecule has 2 aliphatic heterocycles. The predicted molar refractivity (Wildman–Crippen MR) is 249 cm³/mol. The number of ether oxygens (including phenoxy) is 4. The number of nitrogens with two attached hydrogens (primary N) is 1. The first-order chi connectivity index (χ1) is 32.4. The third-order valence-corrected chi connectivity index (χ3v) is 12.3. The van der Waals surface area contributed by atoms with Gasteiger partial charge >= 0.3 is 11.9 Å². The van der Waals surface area contributed by atoms with Crippen LogP contribution in [-0.4, -0.2) is 116 Å². The van der Waals surface area contributed by atoms with Gasteiger partial charge in [-0.15, -0.1) is 0 Å². The van der Waals surface area contributed by atoms with Crippen molar-refractivity contribution in [1.82, 2.24) is 31.1 Å². The smallest absolute Gasteiger partial charge is 0.338 e. The standard InChI is InChI=1S/C50H63N7O10/c1-32-24-25-38(67-36-19-9-6-10-20-36)31-39(32)41-23-15-27-57(41)48(61)43(55-46(59)44(51)53-4)50(63)65-29-12-11-28-64-49(62)42(54-45(58)33(2)52-3)47(60)56-26-14-22-40(56)34-16-13-21-37(30-34)66-35-17-7-5-8-18-35/h5-10,13,16-21,24-25,30-33,39-44,52-53H,11-12,14-15,22-23,26-29,51H2,1-4H3,(H,54,58)(H,55,59)/t32?,33-,39?,40-,41-,42+,43+,44+/m0/s1. The molecule has 67 heavy (non-hydrogen) atoms. The van der Waals surface area contributed by atoms with Gasteiger partial charge in [0.2, 0.25) is 18.0 Å². The number of allylic oxidation sites excluding steroid dienone is 2. The van der Waals surface area contributed by atoms with E-state index >= 15 is 0 Å². The molecule has 3 aromatic carbocycles. The molecule has 17 nitrogen and oxygen atoms in total. The Labute approximate surface area is 391 Å². The van der Waals surface area contributed by atoms with Gasteiger partial charge in [0.1, 0.15) is 29.2 Å². The molecule has 0 aromatic heterocycles. The van der Waals surface area contributed by atoms with Crippen LogP contribution in [0.2, 0.25) is 0 Å². The average molecular weight is 922 g/mol. The maximum absolute atomic E-state index is 14.3. The lowest BCUT2D eigenvalue weighted by Gasteiger charge is -2.36. The van der Waals surface area contributed by atoms with Crippen LogP contribution in [0.3, 0.4) is 0 Å². The monoisotopic (exact) mass is 921 g/mol. The zero-order valence-electron chi connectivity index (χ0n) is 38.6. The normalized spacial score (nSPS) is 20.7. The van der Waals surface area contributed by atoms with Gasteiger partial charge in [-0.3, -0.25) is 24.5 Å². The Morgan fingerprint density at radius 2 is 1.27 bits per heavy atom. The number of rotatable bonds is 21. The molecule has 2 unspecified atom stereocenters. The second-order valence-corrected chi connectivity index (χ2v) is 16.9. The fourth-order valence-electron chi connectivity index (χ4n) is 8.43. The molecule has 1 aliphatic carbocycles. The number of nitrogens with zero attached hydrogens (tertiary/aromatic N) is 2. The van der Waals surface area contributed by atoms with Crippen molar-refractivity contribution in [2.75, 3.05) is 40.4 Å². The van der Waals surface area contributed by atoms with Gasteiger partial charge in [0.05, 0.1) is 25.3 Å². The third-order valence-electron chi connectivity index (χ3n) is 12.3. The minimum Gasteiger partial charge on any atom is -0.464 e. The third kappa shape index (κ3) is 13.3. The number of hydrogen-bond acceptors (Lipinski definition) is 13. The summed E-state index contributed by atoms with van der Waals surface area (Å²) in [6.45, 7) is 4.06. The van der Waals surface area contributed by atoms with Crippen LogP contribution in [-0.2, 0) is 38.2 Å². The summed E-state index contributed by atoms with van der Waals surface area (Å²) >= 11 is 0. The van der Waals surface area contributed by atoms with Crippen molar-refractivity contribution in [3.8, 4) is 17.2 Å². The summed E-state index contributed by atoms with van der Waals surface area (Å²) in [5.74, 6) is -1.94. The molecule has 2 saturated heterocycles. The molecule has 0 radical (unpaired) electrons. The summed E-state index contributed by atoms with van der Waals surface area (Å²) < 4.78 is 23.3. The van der Waals surface area contributed by atoms with E-state index in [-0.39, 0.29) is 50.0 Å². The Bertz CT molecular complexity index is 2240. The van der Waals surface area contributed by atoms with Crippen LogP contribution < -0.4 is 36.5 Å². The lowest BCUT2D eigenvalue weighted by Crippen LogP contribution is -2.59. The number of amides is 4. The molecular weight excluding hydrogens is 859 g/mol. The maximum Gasteiger partial charge on any atom is 0.338 e. The number of hydrogen-bond donors (Lipinski definition) is 5. The number of esters is 2. The number of unbranched alkanes of at least 4 members (excludes halogenated alkanes) is 1. The van der Waals surface area contributed by atoms with Crippen LogP contribution in [0.1, 0.15) is 64.0 Å². The van der Waals surface area contributed by atoms with Gasteiger partial charge in [0.25, 0.3) is 17.7 Å². The highest BCUT2D eigenvalue weighted by Gasteiger charge is 2.43. The number of nitrogens with one attached hydrogen (secondary N) is 4. The predicted octanol–water partition coefficient (Wildman–Crippen LogP) is 3.87. The first-order valence-electron chi connectivity index (χ1n) is 23.0.